The van der Waals surface area contributed by atoms with Crippen molar-refractivity contribution in [3.05, 3.63) is 52.5 Å². The molecule has 0 aliphatic rings. The zero-order valence-corrected chi connectivity index (χ0v) is 12.0. The van der Waals surface area contributed by atoms with Crippen LogP contribution in [0.2, 0.25) is 0 Å². The van der Waals surface area contributed by atoms with Gasteiger partial charge in [0.1, 0.15) is 11.4 Å². The summed E-state index contributed by atoms with van der Waals surface area (Å²) in [6.07, 6.45) is 2.91. The Hall–Kier alpha value is -2.28. The second-order valence-electron chi connectivity index (χ2n) is 3.74. The van der Waals surface area contributed by atoms with Crippen LogP contribution in [0.5, 0.6) is 0 Å². The molecular weight excluding hydrogens is 326 g/mol. The lowest BCUT2D eigenvalue weighted by atomic mass is 10.3. The number of anilines is 1. The predicted octanol–water partition coefficient (Wildman–Crippen LogP) is 2.28. The summed E-state index contributed by atoms with van der Waals surface area (Å²) < 4.78 is 5.32. The van der Waals surface area contributed by atoms with Gasteiger partial charge in [0, 0.05) is 10.7 Å². The van der Waals surface area contributed by atoms with Gasteiger partial charge in [0.25, 0.3) is 5.91 Å². The monoisotopic (exact) mass is 335 g/mol. The molecule has 7 heteroatoms. The molecule has 20 heavy (non-hydrogen) atoms. The number of rotatable bonds is 3. The van der Waals surface area contributed by atoms with Crippen LogP contribution in [-0.4, -0.2) is 29.0 Å². The number of carbonyl (C=O) groups is 2. The predicted molar refractivity (Wildman–Crippen MR) is 75.5 cm³/mol. The summed E-state index contributed by atoms with van der Waals surface area (Å²) in [7, 11) is 1.28. The van der Waals surface area contributed by atoms with E-state index in [1.165, 1.54) is 25.6 Å². The number of nitrogens with zero attached hydrogens (tertiary/aromatic N) is 2. The number of esters is 1. The first kappa shape index (κ1) is 14.1. The minimum atomic E-state index is -0.530. The normalized spacial score (nSPS) is 9.90. The Kier molecular flexibility index (Phi) is 4.41. The second kappa shape index (κ2) is 6.25. The highest BCUT2D eigenvalue weighted by Crippen LogP contribution is 2.11. The molecule has 0 aromatic carbocycles. The van der Waals surface area contributed by atoms with Gasteiger partial charge in [-0.2, -0.15) is 0 Å². The standard InChI is InChI=1S/C13H10BrN3O3/c1-20-13(19)11-5-3-9(7-16-11)17-12(18)10-4-2-8(14)6-15-10/h2-7H,1H3,(H,17,18). The molecule has 0 aliphatic carbocycles. The van der Waals surface area contributed by atoms with Crippen LogP contribution < -0.4 is 5.32 Å². The van der Waals surface area contributed by atoms with Gasteiger partial charge in [-0.25, -0.2) is 14.8 Å². The van der Waals surface area contributed by atoms with Crippen molar-refractivity contribution in [2.24, 2.45) is 0 Å². The van der Waals surface area contributed by atoms with Crippen LogP contribution in [0.25, 0.3) is 0 Å². The Bertz CT molecular complexity index is 626. The number of pyridine rings is 2. The zero-order chi connectivity index (χ0) is 14.5. The maximum absolute atomic E-state index is 11.9. The number of aromatic nitrogens is 2. The molecule has 102 valence electrons. The molecule has 0 saturated carbocycles. The fraction of sp³-hybridized carbons (Fsp3) is 0.0769. The summed E-state index contributed by atoms with van der Waals surface area (Å²) in [6, 6.07) is 6.35. The minimum Gasteiger partial charge on any atom is -0.464 e. The Morgan fingerprint density at radius 3 is 2.35 bits per heavy atom. The summed E-state index contributed by atoms with van der Waals surface area (Å²) in [5.41, 5.74) is 0.921. The summed E-state index contributed by atoms with van der Waals surface area (Å²) in [5, 5.41) is 2.63. The van der Waals surface area contributed by atoms with Gasteiger partial charge >= 0.3 is 5.97 Å². The molecule has 0 spiro atoms. The minimum absolute atomic E-state index is 0.173. The van der Waals surface area contributed by atoms with Crippen LogP contribution in [0.15, 0.2) is 41.1 Å². The topological polar surface area (TPSA) is 81.2 Å². The number of hydrogen-bond donors (Lipinski definition) is 1. The Labute approximate surface area is 123 Å². The van der Waals surface area contributed by atoms with E-state index in [0.717, 1.165) is 4.47 Å². The molecule has 6 nitrogen and oxygen atoms in total. The van der Waals surface area contributed by atoms with E-state index >= 15 is 0 Å². The summed E-state index contributed by atoms with van der Waals surface area (Å²) in [6.45, 7) is 0. The van der Waals surface area contributed by atoms with Gasteiger partial charge in [-0.1, -0.05) is 0 Å². The summed E-state index contributed by atoms with van der Waals surface area (Å²) in [5.74, 6) is -0.887. The van der Waals surface area contributed by atoms with Crippen molar-refractivity contribution in [1.29, 1.82) is 0 Å². The van der Waals surface area contributed by atoms with Crippen molar-refractivity contribution in [3.63, 3.8) is 0 Å². The molecule has 0 fully saturated rings. The molecule has 0 unspecified atom stereocenters. The average molecular weight is 336 g/mol. The van der Waals surface area contributed by atoms with Crippen molar-refractivity contribution >= 4 is 33.5 Å². The fourth-order valence-corrected chi connectivity index (χ4v) is 1.63. The lowest BCUT2D eigenvalue weighted by Gasteiger charge is -2.05. The molecule has 2 aromatic heterocycles. The maximum Gasteiger partial charge on any atom is 0.356 e. The fourth-order valence-electron chi connectivity index (χ4n) is 1.40. The van der Waals surface area contributed by atoms with Crippen molar-refractivity contribution < 1.29 is 14.3 Å². The van der Waals surface area contributed by atoms with Gasteiger partial charge < -0.3 is 10.1 Å². The molecule has 0 saturated heterocycles. The van der Waals surface area contributed by atoms with E-state index in [9.17, 15) is 9.59 Å². The zero-order valence-electron chi connectivity index (χ0n) is 10.5. The van der Waals surface area contributed by atoms with E-state index in [1.54, 1.807) is 18.2 Å². The molecule has 1 amide bonds. The summed E-state index contributed by atoms with van der Waals surface area (Å²) in [4.78, 5) is 31.0. The van der Waals surface area contributed by atoms with Crippen LogP contribution in [0.1, 0.15) is 21.0 Å². The number of halogens is 1. The number of ether oxygens (including phenoxy) is 1. The molecule has 0 atom stereocenters. The average Bonchev–Trinajstić information content (AvgIpc) is 2.48. The molecular formula is C13H10BrN3O3. The SMILES string of the molecule is COC(=O)c1ccc(NC(=O)c2ccc(Br)cn2)cn1. The van der Waals surface area contributed by atoms with Gasteiger partial charge in [0.15, 0.2) is 0 Å². The lowest BCUT2D eigenvalue weighted by molar-refractivity contribution is 0.0594. The number of carbonyl (C=O) groups excluding carboxylic acids is 2. The third-order valence-electron chi connectivity index (χ3n) is 2.38. The van der Waals surface area contributed by atoms with E-state index in [2.05, 4.69) is 36.0 Å². The largest absolute Gasteiger partial charge is 0.464 e. The van der Waals surface area contributed by atoms with E-state index in [4.69, 9.17) is 0 Å². The first-order valence-electron chi connectivity index (χ1n) is 5.57. The highest BCUT2D eigenvalue weighted by Gasteiger charge is 2.10. The van der Waals surface area contributed by atoms with Gasteiger partial charge in [-0.3, -0.25) is 4.79 Å². The van der Waals surface area contributed by atoms with Crippen LogP contribution >= 0.6 is 15.9 Å². The van der Waals surface area contributed by atoms with Crippen molar-refractivity contribution in [2.75, 3.05) is 12.4 Å². The Balaban J connectivity index is 2.08. The third-order valence-corrected chi connectivity index (χ3v) is 2.84. The van der Waals surface area contributed by atoms with Crippen LogP contribution in [-0.2, 0) is 4.74 Å². The maximum atomic E-state index is 11.9. The first-order valence-corrected chi connectivity index (χ1v) is 6.36. The second-order valence-corrected chi connectivity index (χ2v) is 4.66. The van der Waals surface area contributed by atoms with Gasteiger partial charge in [-0.05, 0) is 40.2 Å². The van der Waals surface area contributed by atoms with Crippen LogP contribution in [0.3, 0.4) is 0 Å². The molecule has 0 aliphatic heterocycles. The summed E-state index contributed by atoms with van der Waals surface area (Å²) >= 11 is 3.24. The third kappa shape index (κ3) is 3.39. The molecule has 0 radical (unpaired) electrons. The molecule has 2 rings (SSSR count). The number of hydrogen-bond acceptors (Lipinski definition) is 5. The van der Waals surface area contributed by atoms with Crippen molar-refractivity contribution in [3.8, 4) is 0 Å². The molecule has 1 N–H and O–H groups in total. The van der Waals surface area contributed by atoms with Crippen LogP contribution in [0.4, 0.5) is 5.69 Å². The Morgan fingerprint density at radius 1 is 1.10 bits per heavy atom. The van der Waals surface area contributed by atoms with E-state index in [-0.39, 0.29) is 17.3 Å². The smallest absolute Gasteiger partial charge is 0.356 e. The Morgan fingerprint density at radius 2 is 1.80 bits per heavy atom. The highest BCUT2D eigenvalue weighted by atomic mass is 79.9. The number of amides is 1. The van der Waals surface area contributed by atoms with Crippen molar-refractivity contribution in [2.45, 2.75) is 0 Å². The highest BCUT2D eigenvalue weighted by molar-refractivity contribution is 9.10. The van der Waals surface area contributed by atoms with E-state index in [0.29, 0.717) is 5.69 Å². The first-order chi connectivity index (χ1) is 9.60. The molecule has 0 bridgehead atoms. The van der Waals surface area contributed by atoms with Crippen LogP contribution in [0, 0.1) is 0 Å². The van der Waals surface area contributed by atoms with E-state index in [1.807, 2.05) is 0 Å². The number of nitrogens with one attached hydrogen (secondary N) is 1. The van der Waals surface area contributed by atoms with E-state index < -0.39 is 5.97 Å². The van der Waals surface area contributed by atoms with Gasteiger partial charge in [-0.15, -0.1) is 0 Å². The van der Waals surface area contributed by atoms with Gasteiger partial charge in [0.05, 0.1) is 19.0 Å². The number of methoxy groups -OCH3 is 1. The van der Waals surface area contributed by atoms with Gasteiger partial charge in [0.2, 0.25) is 0 Å². The lowest BCUT2D eigenvalue weighted by Crippen LogP contribution is -2.14. The quantitative estimate of drug-likeness (QED) is 0.870. The molecule has 2 heterocycles. The van der Waals surface area contributed by atoms with Crippen molar-refractivity contribution in [1.82, 2.24) is 9.97 Å². The molecule has 2 aromatic rings.